The van der Waals surface area contributed by atoms with Gasteiger partial charge in [-0.05, 0) is 26.0 Å². The van der Waals surface area contributed by atoms with Crippen molar-refractivity contribution in [1.82, 2.24) is 4.98 Å². The Morgan fingerprint density at radius 2 is 2.06 bits per heavy atom. The Kier molecular flexibility index (Phi) is 3.68. The van der Waals surface area contributed by atoms with Gasteiger partial charge in [0, 0.05) is 12.0 Å². The molecular formula is C10H17N5O. The first-order valence-electron chi connectivity index (χ1n) is 4.93. The topological polar surface area (TPSA) is 106 Å². The first kappa shape index (κ1) is 12.3. The fraction of sp³-hybridized carbons (Fsp3) is 0.400. The molecule has 1 aromatic rings. The number of nitrogens with one attached hydrogen (secondary N) is 2. The molecule has 16 heavy (non-hydrogen) atoms. The lowest BCUT2D eigenvalue weighted by molar-refractivity contribution is -0.118. The molecule has 6 heteroatoms. The number of rotatable bonds is 5. The molecule has 0 saturated heterocycles. The molecule has 0 bridgehead atoms. The van der Waals surface area contributed by atoms with Crippen LogP contribution >= 0.6 is 0 Å². The molecular weight excluding hydrogens is 206 g/mol. The van der Waals surface area contributed by atoms with Crippen molar-refractivity contribution in [2.24, 2.45) is 11.6 Å². The molecule has 0 saturated carbocycles. The minimum atomic E-state index is -0.438. The van der Waals surface area contributed by atoms with Crippen molar-refractivity contribution in [1.29, 1.82) is 0 Å². The van der Waals surface area contributed by atoms with E-state index in [1.165, 1.54) is 0 Å². The van der Waals surface area contributed by atoms with E-state index in [1.54, 1.807) is 12.1 Å². The Morgan fingerprint density at radius 1 is 1.44 bits per heavy atom. The minimum Gasteiger partial charge on any atom is -0.370 e. The number of aromatic nitrogens is 1. The molecule has 0 aliphatic carbocycles. The van der Waals surface area contributed by atoms with Crippen LogP contribution in [0, 0.1) is 0 Å². The summed E-state index contributed by atoms with van der Waals surface area (Å²) < 4.78 is 0. The van der Waals surface area contributed by atoms with Crippen molar-refractivity contribution in [3.8, 4) is 0 Å². The van der Waals surface area contributed by atoms with Crippen molar-refractivity contribution >= 4 is 17.5 Å². The third-order valence-electron chi connectivity index (χ3n) is 1.98. The van der Waals surface area contributed by atoms with Gasteiger partial charge in [-0.1, -0.05) is 6.07 Å². The zero-order chi connectivity index (χ0) is 12.2. The molecule has 1 amide bonds. The van der Waals surface area contributed by atoms with E-state index in [0.29, 0.717) is 11.6 Å². The Morgan fingerprint density at radius 3 is 2.62 bits per heavy atom. The lowest BCUT2D eigenvalue weighted by Gasteiger charge is -2.25. The van der Waals surface area contributed by atoms with Crippen LogP contribution in [-0.4, -0.2) is 16.4 Å². The molecule has 0 fully saturated rings. The number of carbonyl (C=O) groups excluding carboxylic acids is 1. The molecule has 6 N–H and O–H groups in total. The summed E-state index contributed by atoms with van der Waals surface area (Å²) in [6.07, 6.45) is 0.231. The first-order valence-corrected chi connectivity index (χ1v) is 4.93. The van der Waals surface area contributed by atoms with E-state index in [1.807, 2.05) is 19.9 Å². The van der Waals surface area contributed by atoms with E-state index < -0.39 is 5.54 Å². The summed E-state index contributed by atoms with van der Waals surface area (Å²) in [5.74, 6) is 6.09. The molecule has 0 radical (unpaired) electrons. The normalized spacial score (nSPS) is 10.9. The number of hydrogen-bond donors (Lipinski definition) is 4. The average Bonchev–Trinajstić information content (AvgIpc) is 2.15. The third-order valence-corrected chi connectivity index (χ3v) is 1.98. The van der Waals surface area contributed by atoms with Crippen LogP contribution in [0.2, 0.25) is 0 Å². The van der Waals surface area contributed by atoms with E-state index in [9.17, 15) is 4.79 Å². The second-order valence-electron chi connectivity index (χ2n) is 4.20. The smallest absolute Gasteiger partial charge is 0.219 e. The molecule has 0 aromatic carbocycles. The molecule has 6 nitrogen and oxygen atoms in total. The predicted octanol–water partition coefficient (Wildman–Crippen LogP) is 0.433. The SMILES string of the molecule is CC(C)(CC(N)=O)Nc1cccc(NN)n1. The van der Waals surface area contributed by atoms with Gasteiger partial charge in [-0.3, -0.25) is 4.79 Å². The number of pyridine rings is 1. The first-order chi connectivity index (χ1) is 7.43. The van der Waals surface area contributed by atoms with Gasteiger partial charge in [0.15, 0.2) is 0 Å². The van der Waals surface area contributed by atoms with Gasteiger partial charge in [0.1, 0.15) is 11.6 Å². The fourth-order valence-corrected chi connectivity index (χ4v) is 1.41. The highest BCUT2D eigenvalue weighted by atomic mass is 16.1. The van der Waals surface area contributed by atoms with E-state index in [2.05, 4.69) is 15.7 Å². The summed E-state index contributed by atoms with van der Waals surface area (Å²) in [6.45, 7) is 3.75. The molecule has 0 spiro atoms. The van der Waals surface area contributed by atoms with Crippen LogP contribution < -0.4 is 22.3 Å². The molecule has 1 heterocycles. The second-order valence-corrected chi connectivity index (χ2v) is 4.20. The van der Waals surface area contributed by atoms with Gasteiger partial charge in [-0.2, -0.15) is 0 Å². The van der Waals surface area contributed by atoms with E-state index in [-0.39, 0.29) is 12.3 Å². The van der Waals surface area contributed by atoms with Gasteiger partial charge in [0.05, 0.1) is 0 Å². The standard InChI is InChI=1S/C10H17N5O/c1-10(2,6-7(11)16)14-8-4-3-5-9(13-8)15-12/h3-5H,6,12H2,1-2H3,(H2,11,16)(H2,13,14,15). The van der Waals surface area contributed by atoms with Crippen molar-refractivity contribution in [2.75, 3.05) is 10.7 Å². The predicted molar refractivity (Wildman–Crippen MR) is 63.6 cm³/mol. The number of amides is 1. The van der Waals surface area contributed by atoms with Gasteiger partial charge < -0.3 is 16.5 Å². The van der Waals surface area contributed by atoms with Crippen LogP contribution in [0.3, 0.4) is 0 Å². The van der Waals surface area contributed by atoms with Gasteiger partial charge in [0.25, 0.3) is 0 Å². The maximum absolute atomic E-state index is 10.9. The number of nitrogen functional groups attached to an aromatic ring is 1. The van der Waals surface area contributed by atoms with E-state index in [0.717, 1.165) is 0 Å². The van der Waals surface area contributed by atoms with Gasteiger partial charge in [0.2, 0.25) is 5.91 Å². The summed E-state index contributed by atoms with van der Waals surface area (Å²) in [4.78, 5) is 15.0. The molecule has 1 rings (SSSR count). The van der Waals surface area contributed by atoms with Crippen LogP contribution in [0.1, 0.15) is 20.3 Å². The van der Waals surface area contributed by atoms with Gasteiger partial charge >= 0.3 is 0 Å². The van der Waals surface area contributed by atoms with Crippen molar-refractivity contribution in [3.05, 3.63) is 18.2 Å². The van der Waals surface area contributed by atoms with Crippen molar-refractivity contribution in [2.45, 2.75) is 25.8 Å². The number of carbonyl (C=O) groups is 1. The average molecular weight is 223 g/mol. The summed E-state index contributed by atoms with van der Waals surface area (Å²) in [6, 6.07) is 5.35. The minimum absolute atomic E-state index is 0.231. The number of nitrogens with two attached hydrogens (primary N) is 2. The quantitative estimate of drug-likeness (QED) is 0.428. The monoisotopic (exact) mass is 223 g/mol. The summed E-state index contributed by atoms with van der Waals surface area (Å²) in [5, 5.41) is 3.12. The number of primary amides is 1. The molecule has 0 aliphatic heterocycles. The Bertz CT molecular complexity index is 377. The van der Waals surface area contributed by atoms with Gasteiger partial charge in [-0.25, -0.2) is 10.8 Å². The highest BCUT2D eigenvalue weighted by Crippen LogP contribution is 2.17. The summed E-state index contributed by atoms with van der Waals surface area (Å²) >= 11 is 0. The molecule has 88 valence electrons. The van der Waals surface area contributed by atoms with Crippen LogP contribution in [0.4, 0.5) is 11.6 Å². The highest BCUT2D eigenvalue weighted by molar-refractivity contribution is 5.75. The second kappa shape index (κ2) is 4.80. The third kappa shape index (κ3) is 3.74. The number of hydrogen-bond acceptors (Lipinski definition) is 5. The van der Waals surface area contributed by atoms with E-state index >= 15 is 0 Å². The fourth-order valence-electron chi connectivity index (χ4n) is 1.41. The van der Waals surface area contributed by atoms with Crippen molar-refractivity contribution < 1.29 is 4.79 Å². The van der Waals surface area contributed by atoms with Crippen LogP contribution in [-0.2, 0) is 4.79 Å². The molecule has 1 aromatic heterocycles. The zero-order valence-corrected chi connectivity index (χ0v) is 9.45. The lowest BCUT2D eigenvalue weighted by atomic mass is 10.0. The van der Waals surface area contributed by atoms with Crippen LogP contribution in [0.5, 0.6) is 0 Å². The summed E-state index contributed by atoms with van der Waals surface area (Å²) in [7, 11) is 0. The van der Waals surface area contributed by atoms with E-state index in [4.69, 9.17) is 11.6 Å². The Balaban J connectivity index is 2.75. The zero-order valence-electron chi connectivity index (χ0n) is 9.45. The largest absolute Gasteiger partial charge is 0.370 e. The molecule has 0 aliphatic rings. The van der Waals surface area contributed by atoms with Crippen LogP contribution in [0.25, 0.3) is 0 Å². The Labute approximate surface area is 94.4 Å². The maximum atomic E-state index is 10.9. The molecule has 0 unspecified atom stereocenters. The highest BCUT2D eigenvalue weighted by Gasteiger charge is 2.20. The van der Waals surface area contributed by atoms with Gasteiger partial charge in [-0.15, -0.1) is 0 Å². The van der Waals surface area contributed by atoms with Crippen LogP contribution in [0.15, 0.2) is 18.2 Å². The number of anilines is 2. The lowest BCUT2D eigenvalue weighted by Crippen LogP contribution is -2.36. The van der Waals surface area contributed by atoms with Crippen molar-refractivity contribution in [3.63, 3.8) is 0 Å². The molecule has 0 atom stereocenters. The number of hydrazine groups is 1. The number of nitrogens with zero attached hydrogens (tertiary/aromatic N) is 1. The maximum Gasteiger partial charge on any atom is 0.219 e. The Hall–Kier alpha value is -1.82. The summed E-state index contributed by atoms with van der Waals surface area (Å²) in [5.41, 5.74) is 7.17.